The molecule has 4 aromatic rings. The van der Waals surface area contributed by atoms with Crippen molar-refractivity contribution in [3.63, 3.8) is 0 Å². The highest BCUT2D eigenvalue weighted by molar-refractivity contribution is 5.87. The number of imidazole rings is 2. The molecule has 2 saturated carbocycles. The van der Waals surface area contributed by atoms with E-state index < -0.39 is 0 Å². The number of esters is 2. The fraction of sp³-hybridized carbons (Fsp3) is 0.417. The van der Waals surface area contributed by atoms with Crippen molar-refractivity contribution in [1.82, 2.24) is 29.3 Å². The van der Waals surface area contributed by atoms with Gasteiger partial charge >= 0.3 is 11.9 Å². The lowest BCUT2D eigenvalue weighted by Crippen LogP contribution is -2.44. The molecule has 11 nitrogen and oxygen atoms in total. The van der Waals surface area contributed by atoms with Crippen LogP contribution in [0.2, 0.25) is 0 Å². The average molecular weight is 639 g/mol. The van der Waals surface area contributed by atoms with Gasteiger partial charge in [-0.15, -0.1) is 0 Å². The molecule has 0 atom stereocenters. The zero-order valence-corrected chi connectivity index (χ0v) is 26.7. The minimum Gasteiger partial charge on any atom is -0.456 e. The number of hydrogen-bond acceptors (Lipinski definition) is 9. The number of nitrogens with one attached hydrogen (secondary N) is 1. The number of carbonyl (C=O) groups is 3. The number of Topliss-reactive ketones (excluding diaryl/α,β-unsaturated/α-hetero) is 1. The van der Waals surface area contributed by atoms with Gasteiger partial charge < -0.3 is 23.9 Å². The molecule has 47 heavy (non-hydrogen) atoms. The van der Waals surface area contributed by atoms with E-state index in [1.54, 1.807) is 6.20 Å². The van der Waals surface area contributed by atoms with Gasteiger partial charge in [-0.05, 0) is 30.4 Å². The summed E-state index contributed by atoms with van der Waals surface area (Å²) in [7, 11) is 0. The highest BCUT2D eigenvalue weighted by Gasteiger charge is 2.29. The molecule has 2 aliphatic heterocycles. The van der Waals surface area contributed by atoms with Crippen molar-refractivity contribution < 1.29 is 23.9 Å². The zero-order chi connectivity index (χ0) is 32.4. The fourth-order valence-electron chi connectivity index (χ4n) is 5.64. The Hall–Kier alpha value is -4.61. The first-order chi connectivity index (χ1) is 23.0. The van der Waals surface area contributed by atoms with Crippen LogP contribution in [0.15, 0.2) is 73.1 Å². The third-order valence-corrected chi connectivity index (χ3v) is 8.85. The van der Waals surface area contributed by atoms with Crippen LogP contribution in [0.3, 0.4) is 0 Å². The summed E-state index contributed by atoms with van der Waals surface area (Å²) >= 11 is 0. The number of fused-ring (bicyclic) bond motifs is 2. The van der Waals surface area contributed by atoms with Gasteiger partial charge in [-0.1, -0.05) is 67.1 Å². The Bertz CT molecular complexity index is 1620. The van der Waals surface area contributed by atoms with E-state index in [9.17, 15) is 14.4 Å². The van der Waals surface area contributed by atoms with E-state index in [0.29, 0.717) is 29.8 Å². The maximum atomic E-state index is 12.2. The van der Waals surface area contributed by atoms with E-state index in [1.807, 2.05) is 71.4 Å². The first kappa shape index (κ1) is 32.3. The second-order valence-corrected chi connectivity index (χ2v) is 12.2. The second kappa shape index (κ2) is 15.8. The molecular formula is C36H42N6O5. The van der Waals surface area contributed by atoms with Gasteiger partial charge in [0.25, 0.3) is 0 Å². The molecule has 0 radical (unpaired) electrons. The molecule has 2 aromatic heterocycles. The van der Waals surface area contributed by atoms with E-state index in [1.165, 1.54) is 19.3 Å². The fourth-order valence-corrected chi connectivity index (χ4v) is 5.64. The summed E-state index contributed by atoms with van der Waals surface area (Å²) in [5, 5.41) is 3.22. The topological polar surface area (TPSA) is 121 Å². The Morgan fingerprint density at radius 2 is 1.30 bits per heavy atom. The molecular weight excluding hydrogens is 596 g/mol. The number of benzene rings is 2. The van der Waals surface area contributed by atoms with Crippen molar-refractivity contribution in [3.05, 3.63) is 107 Å². The molecule has 1 N–H and O–H groups in total. The summed E-state index contributed by atoms with van der Waals surface area (Å²) in [6, 6.07) is 20.1. The highest BCUT2D eigenvalue weighted by atomic mass is 16.5. The van der Waals surface area contributed by atoms with Crippen molar-refractivity contribution in [2.45, 2.75) is 84.0 Å². The first-order valence-corrected chi connectivity index (χ1v) is 16.5. The van der Waals surface area contributed by atoms with Gasteiger partial charge in [-0.25, -0.2) is 19.6 Å². The van der Waals surface area contributed by atoms with Crippen molar-refractivity contribution in [3.8, 4) is 0 Å². The van der Waals surface area contributed by atoms with Crippen LogP contribution in [0, 0.1) is 0 Å². The summed E-state index contributed by atoms with van der Waals surface area (Å²) in [6.45, 7) is 5.81. The van der Waals surface area contributed by atoms with Crippen molar-refractivity contribution in [2.24, 2.45) is 0 Å². The number of rotatable bonds is 7. The van der Waals surface area contributed by atoms with E-state index in [-0.39, 0.29) is 25.2 Å². The minimum absolute atomic E-state index is 0.278. The molecule has 246 valence electrons. The van der Waals surface area contributed by atoms with Gasteiger partial charge in [0, 0.05) is 57.5 Å². The number of ketones is 1. The van der Waals surface area contributed by atoms with Crippen LogP contribution in [0.5, 0.6) is 0 Å². The molecule has 11 heteroatoms. The van der Waals surface area contributed by atoms with E-state index in [4.69, 9.17) is 9.47 Å². The monoisotopic (exact) mass is 638 g/mol. The summed E-state index contributed by atoms with van der Waals surface area (Å²) in [6.07, 6.45) is 10.4. The Labute approximate surface area is 274 Å². The van der Waals surface area contributed by atoms with Crippen LogP contribution in [0.4, 0.5) is 0 Å². The molecule has 2 aromatic carbocycles. The Morgan fingerprint density at radius 1 is 0.745 bits per heavy atom. The van der Waals surface area contributed by atoms with Gasteiger partial charge in [0.15, 0.2) is 11.4 Å². The van der Waals surface area contributed by atoms with Gasteiger partial charge in [0.1, 0.15) is 30.6 Å². The van der Waals surface area contributed by atoms with Crippen LogP contribution in [-0.4, -0.2) is 60.9 Å². The standard InChI is InChI=1S/C18H21N3O2.C14H15N3O2.C4H6O/c22-18(23-13-14-5-2-1-3-6-14)16-11-21-10-9-20(12-17(21)19-16)15-7-4-8-15;18-14(19-10-11-4-2-1-3-5-11)12-9-17-7-6-15-8-13(17)16-12;5-4-2-1-3-4/h1-3,5-6,11,15H,4,7-10,12-13H2;1-5,9,15H,6-8,10H2;1-3H2. The predicted octanol–water partition coefficient (Wildman–Crippen LogP) is 4.69. The number of aromatic nitrogens is 4. The molecule has 2 aliphatic carbocycles. The summed E-state index contributed by atoms with van der Waals surface area (Å²) in [5.41, 5.74) is 2.77. The summed E-state index contributed by atoms with van der Waals surface area (Å²) in [4.78, 5) is 45.3. The maximum absolute atomic E-state index is 12.2. The van der Waals surface area contributed by atoms with E-state index in [2.05, 4.69) is 24.8 Å². The van der Waals surface area contributed by atoms with Crippen LogP contribution >= 0.6 is 0 Å². The zero-order valence-electron chi connectivity index (χ0n) is 26.7. The lowest BCUT2D eigenvalue weighted by atomic mass is 9.91. The molecule has 0 bridgehead atoms. The molecule has 0 unspecified atom stereocenters. The lowest BCUT2D eigenvalue weighted by molar-refractivity contribution is -0.123. The third-order valence-electron chi connectivity index (χ3n) is 8.85. The quantitative estimate of drug-likeness (QED) is 0.288. The lowest BCUT2D eigenvalue weighted by Gasteiger charge is -2.39. The predicted molar refractivity (Wildman–Crippen MR) is 174 cm³/mol. The summed E-state index contributed by atoms with van der Waals surface area (Å²) < 4.78 is 14.7. The Kier molecular flexibility index (Phi) is 10.9. The smallest absolute Gasteiger partial charge is 0.358 e. The van der Waals surface area contributed by atoms with Crippen molar-refractivity contribution in [2.75, 3.05) is 13.1 Å². The van der Waals surface area contributed by atoms with Gasteiger partial charge in [-0.3, -0.25) is 9.69 Å². The normalized spacial score (nSPS) is 16.9. The molecule has 2 fully saturated rings. The largest absolute Gasteiger partial charge is 0.456 e. The SMILES string of the molecule is O=C(OCc1ccccc1)c1cn2c(n1)CN(C1CCC1)CC2.O=C(OCc1ccccc1)c1cn2c(n1)CNCC2.O=C1CCC1. The van der Waals surface area contributed by atoms with Crippen LogP contribution < -0.4 is 5.32 Å². The van der Waals surface area contributed by atoms with Crippen LogP contribution in [0.1, 0.15) is 82.3 Å². The molecule has 0 saturated heterocycles. The van der Waals surface area contributed by atoms with Crippen LogP contribution in [0.25, 0.3) is 0 Å². The van der Waals surface area contributed by atoms with Crippen molar-refractivity contribution in [1.29, 1.82) is 0 Å². The first-order valence-electron chi connectivity index (χ1n) is 16.5. The number of carbonyl (C=O) groups excluding carboxylic acids is 3. The second-order valence-electron chi connectivity index (χ2n) is 12.2. The van der Waals surface area contributed by atoms with Crippen LogP contribution in [-0.2, 0) is 53.7 Å². The van der Waals surface area contributed by atoms with Crippen molar-refractivity contribution >= 4 is 17.7 Å². The number of nitrogens with zero attached hydrogens (tertiary/aromatic N) is 5. The molecule has 4 heterocycles. The highest BCUT2D eigenvalue weighted by Crippen LogP contribution is 2.28. The number of hydrogen-bond donors (Lipinski definition) is 1. The third kappa shape index (κ3) is 8.81. The van der Waals surface area contributed by atoms with Gasteiger partial charge in [0.05, 0.1) is 13.1 Å². The van der Waals surface area contributed by atoms with E-state index >= 15 is 0 Å². The molecule has 8 rings (SSSR count). The molecule has 4 aliphatic rings. The molecule has 0 spiro atoms. The van der Waals surface area contributed by atoms with Gasteiger partial charge in [0.2, 0.25) is 0 Å². The average Bonchev–Trinajstić information content (AvgIpc) is 3.71. The Balaban J connectivity index is 0.000000145. The van der Waals surface area contributed by atoms with Gasteiger partial charge in [-0.2, -0.15) is 0 Å². The molecule has 0 amide bonds. The Morgan fingerprint density at radius 3 is 1.79 bits per heavy atom. The maximum Gasteiger partial charge on any atom is 0.358 e. The summed E-state index contributed by atoms with van der Waals surface area (Å²) in [5.74, 6) is 1.59. The van der Waals surface area contributed by atoms with E-state index in [0.717, 1.165) is 74.8 Å². The minimum atomic E-state index is -0.370. The number of ether oxygens (including phenoxy) is 2.